The summed E-state index contributed by atoms with van der Waals surface area (Å²) in [5.74, 6) is 0.317. The lowest BCUT2D eigenvalue weighted by Gasteiger charge is -2.30. The van der Waals surface area contributed by atoms with Crippen molar-refractivity contribution in [2.75, 3.05) is 0 Å². The Morgan fingerprint density at radius 1 is 0.976 bits per heavy atom. The van der Waals surface area contributed by atoms with Crippen LogP contribution in [0.4, 0.5) is 4.39 Å². The van der Waals surface area contributed by atoms with Crippen molar-refractivity contribution in [2.24, 2.45) is 4.99 Å². The molecule has 1 unspecified atom stereocenters. The van der Waals surface area contributed by atoms with E-state index >= 15 is 0 Å². The van der Waals surface area contributed by atoms with Crippen LogP contribution >= 0.6 is 22.9 Å². The van der Waals surface area contributed by atoms with Gasteiger partial charge in [-0.3, -0.25) is 9.36 Å². The molecule has 2 aliphatic rings. The third kappa shape index (κ3) is 4.73. The zero-order valence-electron chi connectivity index (χ0n) is 21.9. The largest absolute Gasteiger partial charge is 0.488 e. The topological polar surface area (TPSA) is 43.6 Å². The van der Waals surface area contributed by atoms with Gasteiger partial charge in [0.25, 0.3) is 5.56 Å². The molecule has 41 heavy (non-hydrogen) atoms. The Bertz CT molecular complexity index is 2030. The van der Waals surface area contributed by atoms with Gasteiger partial charge >= 0.3 is 0 Å². The van der Waals surface area contributed by atoms with Gasteiger partial charge in [-0.05, 0) is 59.9 Å². The normalized spacial score (nSPS) is 16.0. The Labute approximate surface area is 245 Å². The van der Waals surface area contributed by atoms with Crippen molar-refractivity contribution in [1.29, 1.82) is 0 Å². The number of rotatable bonds is 5. The first-order valence-electron chi connectivity index (χ1n) is 13.4. The minimum atomic E-state index is -0.431. The molecule has 7 rings (SSSR count). The molecule has 1 aliphatic carbocycles. The predicted molar refractivity (Wildman–Crippen MR) is 161 cm³/mol. The summed E-state index contributed by atoms with van der Waals surface area (Å²) in [5, 5.41) is 0.640. The number of hydrogen-bond acceptors (Lipinski definition) is 4. The highest BCUT2D eigenvalue weighted by molar-refractivity contribution is 7.07. The van der Waals surface area contributed by atoms with E-state index in [-0.39, 0.29) is 11.4 Å². The van der Waals surface area contributed by atoms with E-state index in [2.05, 4.69) is 12.1 Å². The smallest absolute Gasteiger partial charge is 0.271 e. The fourth-order valence-electron chi connectivity index (χ4n) is 5.64. The van der Waals surface area contributed by atoms with E-state index in [9.17, 15) is 9.18 Å². The lowest BCUT2D eigenvalue weighted by atomic mass is 9.83. The van der Waals surface area contributed by atoms with Gasteiger partial charge in [-0.15, -0.1) is 0 Å². The van der Waals surface area contributed by atoms with Gasteiger partial charge in [-0.25, -0.2) is 9.38 Å². The number of allylic oxidation sites excluding steroid dienone is 1. The van der Waals surface area contributed by atoms with Gasteiger partial charge < -0.3 is 4.74 Å². The molecule has 0 N–H and O–H groups in total. The first-order chi connectivity index (χ1) is 20.1. The van der Waals surface area contributed by atoms with Crippen molar-refractivity contribution >= 4 is 34.7 Å². The zero-order chi connectivity index (χ0) is 27.9. The lowest BCUT2D eigenvalue weighted by Crippen LogP contribution is -2.38. The lowest BCUT2D eigenvalue weighted by molar-refractivity contribution is 0.305. The van der Waals surface area contributed by atoms with Crippen LogP contribution in [0.1, 0.15) is 40.3 Å². The molecule has 0 bridgehead atoms. The van der Waals surface area contributed by atoms with Crippen LogP contribution in [0.2, 0.25) is 5.02 Å². The molecule has 0 saturated heterocycles. The molecule has 0 saturated carbocycles. The Kier molecular flexibility index (Phi) is 6.65. The highest BCUT2D eigenvalue weighted by Gasteiger charge is 2.32. The van der Waals surface area contributed by atoms with Crippen molar-refractivity contribution in [3.63, 3.8) is 0 Å². The number of nitrogens with zero attached hydrogens (tertiary/aromatic N) is 2. The van der Waals surface area contributed by atoms with Crippen molar-refractivity contribution in [1.82, 2.24) is 4.57 Å². The fraction of sp³-hybridized carbons (Fsp3) is 0.118. The molecule has 7 heteroatoms. The van der Waals surface area contributed by atoms with Crippen LogP contribution in [-0.2, 0) is 13.0 Å². The second kappa shape index (κ2) is 10.6. The highest BCUT2D eigenvalue weighted by Crippen LogP contribution is 2.41. The standard InChI is InChI=1S/C34H24ClFN2O2S/c35-28-14-5-2-10-24(28)20-40-29-15-6-3-9-22(29)19-30-33(39)38-32(23-11-7-12-25(36)18-23)27-17-16-21-8-1-4-13-26(21)31(27)37-34(38)41-30/h1-15,18-19,32H,16-17,20H2/b30-19-. The van der Waals surface area contributed by atoms with E-state index in [4.69, 9.17) is 21.3 Å². The van der Waals surface area contributed by atoms with E-state index in [1.165, 1.54) is 29.0 Å². The van der Waals surface area contributed by atoms with Gasteiger partial charge in [0.05, 0.1) is 16.3 Å². The molecule has 0 fully saturated rings. The van der Waals surface area contributed by atoms with Crippen LogP contribution in [0.15, 0.2) is 112 Å². The van der Waals surface area contributed by atoms with Crippen LogP contribution in [0.5, 0.6) is 5.75 Å². The third-order valence-electron chi connectivity index (χ3n) is 7.58. The molecule has 4 nitrogen and oxygen atoms in total. The van der Waals surface area contributed by atoms with Gasteiger partial charge in [0.1, 0.15) is 18.2 Å². The van der Waals surface area contributed by atoms with E-state index in [1.807, 2.05) is 72.8 Å². The zero-order valence-corrected chi connectivity index (χ0v) is 23.5. The average Bonchev–Trinajstić information content (AvgIpc) is 3.30. The maximum Gasteiger partial charge on any atom is 0.271 e. The summed E-state index contributed by atoms with van der Waals surface area (Å²) in [4.78, 5) is 19.7. The van der Waals surface area contributed by atoms with Crippen LogP contribution < -0.4 is 19.6 Å². The number of fused-ring (bicyclic) bond motifs is 3. The number of thiazole rings is 1. The summed E-state index contributed by atoms with van der Waals surface area (Å²) < 4.78 is 22.9. The quantitative estimate of drug-likeness (QED) is 0.233. The van der Waals surface area contributed by atoms with Crippen molar-refractivity contribution in [3.8, 4) is 5.75 Å². The number of para-hydroxylation sites is 1. The first-order valence-corrected chi connectivity index (χ1v) is 14.6. The number of aromatic nitrogens is 1. The molecule has 1 aliphatic heterocycles. The van der Waals surface area contributed by atoms with E-state index in [1.54, 1.807) is 10.6 Å². The Morgan fingerprint density at radius 2 is 1.78 bits per heavy atom. The molecular formula is C34H24ClFN2O2S. The molecule has 1 atom stereocenters. The monoisotopic (exact) mass is 578 g/mol. The van der Waals surface area contributed by atoms with Crippen molar-refractivity contribution < 1.29 is 9.13 Å². The maximum absolute atomic E-state index is 14.5. The molecule has 5 aromatic rings. The second-order valence-corrected chi connectivity index (χ2v) is 11.5. The Balaban J connectivity index is 1.37. The summed E-state index contributed by atoms with van der Waals surface area (Å²) in [6, 6.07) is 29.5. The summed E-state index contributed by atoms with van der Waals surface area (Å²) in [6.07, 6.45) is 3.45. The van der Waals surface area contributed by atoms with Gasteiger partial charge in [0, 0.05) is 21.7 Å². The number of aryl methyl sites for hydroxylation is 1. The molecule has 0 radical (unpaired) electrons. The number of hydrogen-bond donors (Lipinski definition) is 0. The van der Waals surface area contributed by atoms with Crippen LogP contribution in [0, 0.1) is 5.82 Å². The van der Waals surface area contributed by atoms with Crippen molar-refractivity contribution in [2.45, 2.75) is 25.5 Å². The molecule has 1 aromatic heterocycles. The van der Waals surface area contributed by atoms with E-state index in [0.29, 0.717) is 26.7 Å². The van der Waals surface area contributed by atoms with E-state index < -0.39 is 6.04 Å². The molecule has 202 valence electrons. The third-order valence-corrected chi connectivity index (χ3v) is 8.94. The Morgan fingerprint density at radius 3 is 2.66 bits per heavy atom. The molecule has 0 spiro atoms. The number of benzene rings is 4. The van der Waals surface area contributed by atoms with Gasteiger partial charge in [0.15, 0.2) is 4.80 Å². The Hall–Kier alpha value is -4.26. The molecule has 4 aromatic carbocycles. The van der Waals surface area contributed by atoms with Crippen LogP contribution in [0.25, 0.3) is 11.8 Å². The number of ether oxygens (including phenoxy) is 1. The minimum Gasteiger partial charge on any atom is -0.488 e. The number of halogens is 2. The molecule has 0 amide bonds. The fourth-order valence-corrected chi connectivity index (χ4v) is 6.82. The summed E-state index contributed by atoms with van der Waals surface area (Å²) in [7, 11) is 0. The van der Waals surface area contributed by atoms with Crippen molar-refractivity contribution in [3.05, 3.63) is 161 Å². The average molecular weight is 579 g/mol. The minimum absolute atomic E-state index is 0.158. The van der Waals surface area contributed by atoms with Gasteiger partial charge in [-0.1, -0.05) is 95.7 Å². The molecule has 2 heterocycles. The highest BCUT2D eigenvalue weighted by atomic mass is 35.5. The van der Waals surface area contributed by atoms with Crippen LogP contribution in [-0.4, -0.2) is 4.57 Å². The van der Waals surface area contributed by atoms with Crippen LogP contribution in [0.3, 0.4) is 0 Å². The predicted octanol–water partition coefficient (Wildman–Crippen LogP) is 6.69. The summed E-state index contributed by atoms with van der Waals surface area (Å²) in [5.41, 5.74) is 6.47. The summed E-state index contributed by atoms with van der Waals surface area (Å²) in [6.45, 7) is 0.303. The second-order valence-electron chi connectivity index (χ2n) is 10.1. The summed E-state index contributed by atoms with van der Waals surface area (Å²) >= 11 is 7.67. The van der Waals surface area contributed by atoms with Gasteiger partial charge in [0.2, 0.25) is 0 Å². The molecular weight excluding hydrogens is 555 g/mol. The first kappa shape index (κ1) is 25.7. The van der Waals surface area contributed by atoms with Gasteiger partial charge in [-0.2, -0.15) is 0 Å². The van der Waals surface area contributed by atoms with E-state index in [0.717, 1.165) is 46.4 Å². The maximum atomic E-state index is 14.5. The SMILES string of the molecule is O=c1/c(=C/c2ccccc2OCc2ccccc2Cl)sc2n1C(c1cccc(F)c1)C1=C(N=2)c2ccccc2CC1.